The van der Waals surface area contributed by atoms with Crippen molar-refractivity contribution in [2.75, 3.05) is 47.0 Å². The van der Waals surface area contributed by atoms with Gasteiger partial charge in [-0.3, -0.25) is 4.90 Å². The lowest BCUT2D eigenvalue weighted by Crippen LogP contribution is -2.58. The lowest BCUT2D eigenvalue weighted by atomic mass is 10.1. The number of carbonyl (C=O) groups excluding carboxylic acids is 1. The van der Waals surface area contributed by atoms with Gasteiger partial charge in [0.1, 0.15) is 17.2 Å². The summed E-state index contributed by atoms with van der Waals surface area (Å²) in [5.74, 6) is 1.84. The molecule has 0 radical (unpaired) electrons. The van der Waals surface area contributed by atoms with Crippen LogP contribution >= 0.6 is 0 Å². The Balaban J connectivity index is 1.81. The Morgan fingerprint density at radius 2 is 1.84 bits per heavy atom. The number of hydrogen-bond donors (Lipinski definition) is 1. The van der Waals surface area contributed by atoms with Crippen molar-refractivity contribution in [1.82, 2.24) is 19.7 Å². The molecule has 1 atom stereocenters. The van der Waals surface area contributed by atoms with Crippen molar-refractivity contribution >= 4 is 11.9 Å². The largest absolute Gasteiger partial charge is 0.495 e. The van der Waals surface area contributed by atoms with E-state index in [1.807, 2.05) is 26.8 Å². The van der Waals surface area contributed by atoms with E-state index in [0.717, 1.165) is 17.3 Å². The van der Waals surface area contributed by atoms with E-state index in [1.165, 1.54) is 11.4 Å². The highest BCUT2D eigenvalue weighted by atomic mass is 16.6. The second-order valence-corrected chi connectivity index (χ2v) is 9.08. The van der Waals surface area contributed by atoms with Gasteiger partial charge in [-0.25, -0.2) is 4.79 Å². The predicted octanol–water partition coefficient (Wildman–Crippen LogP) is 2.93. The molecule has 1 unspecified atom stereocenters. The van der Waals surface area contributed by atoms with Crippen molar-refractivity contribution in [3.05, 3.63) is 41.1 Å². The Kier molecular flexibility index (Phi) is 6.89. The fourth-order valence-electron chi connectivity index (χ4n) is 4.15. The van der Waals surface area contributed by atoms with Gasteiger partial charge in [0.2, 0.25) is 0 Å². The molecule has 1 N–H and O–H groups in total. The maximum Gasteiger partial charge on any atom is 0.410 e. The SMILES string of the molecule is COCC1CN(C2=C(OC)C=C(n3c(C)ccc3C)NC2)CCN1C(=O)OC(C)(C)C. The normalized spacial score (nSPS) is 19.8. The lowest BCUT2D eigenvalue weighted by Gasteiger charge is -2.43. The molecule has 8 heteroatoms. The molecule has 0 saturated carbocycles. The molecule has 0 spiro atoms. The minimum Gasteiger partial charge on any atom is -0.495 e. The summed E-state index contributed by atoms with van der Waals surface area (Å²) in [5, 5.41) is 3.53. The predicted molar refractivity (Wildman–Crippen MR) is 120 cm³/mol. The molecular weight excluding hydrogens is 396 g/mol. The number of allylic oxidation sites excluding steroid dienone is 1. The van der Waals surface area contributed by atoms with Crippen LogP contribution in [-0.4, -0.2) is 79.1 Å². The van der Waals surface area contributed by atoms with Gasteiger partial charge >= 0.3 is 6.09 Å². The summed E-state index contributed by atoms with van der Waals surface area (Å²) in [6.45, 7) is 12.8. The molecule has 1 aromatic heterocycles. The molecule has 0 bridgehead atoms. The van der Waals surface area contributed by atoms with E-state index < -0.39 is 5.60 Å². The Morgan fingerprint density at radius 1 is 1.16 bits per heavy atom. The third-order valence-electron chi connectivity index (χ3n) is 5.57. The van der Waals surface area contributed by atoms with Gasteiger partial charge in [-0.1, -0.05) is 0 Å². The van der Waals surface area contributed by atoms with Gasteiger partial charge in [0.05, 0.1) is 32.0 Å². The molecule has 0 aliphatic carbocycles. The summed E-state index contributed by atoms with van der Waals surface area (Å²) in [5.41, 5.74) is 2.89. The third kappa shape index (κ3) is 5.18. The Morgan fingerprint density at radius 3 is 2.42 bits per heavy atom. The lowest BCUT2D eigenvalue weighted by molar-refractivity contribution is -0.0124. The molecular formula is C23H36N4O4. The second-order valence-electron chi connectivity index (χ2n) is 9.08. The van der Waals surface area contributed by atoms with Gasteiger partial charge in [-0.05, 0) is 46.8 Å². The minimum absolute atomic E-state index is 0.0986. The van der Waals surface area contributed by atoms with Crippen LogP contribution in [0.25, 0.3) is 5.82 Å². The summed E-state index contributed by atoms with van der Waals surface area (Å²) in [6.07, 6.45) is 1.75. The Labute approximate surface area is 185 Å². The summed E-state index contributed by atoms with van der Waals surface area (Å²) < 4.78 is 19.0. The van der Waals surface area contributed by atoms with Gasteiger partial charge < -0.3 is 29.0 Å². The average Bonchev–Trinajstić information content (AvgIpc) is 3.04. The number of rotatable bonds is 5. The van der Waals surface area contributed by atoms with Crippen LogP contribution in [0.1, 0.15) is 32.2 Å². The zero-order valence-electron chi connectivity index (χ0n) is 19.8. The molecule has 2 aliphatic rings. The van der Waals surface area contributed by atoms with Crippen LogP contribution in [0, 0.1) is 13.8 Å². The van der Waals surface area contributed by atoms with Crippen molar-refractivity contribution in [2.24, 2.45) is 0 Å². The zero-order valence-corrected chi connectivity index (χ0v) is 19.8. The van der Waals surface area contributed by atoms with Crippen LogP contribution < -0.4 is 5.32 Å². The number of nitrogens with zero attached hydrogens (tertiary/aromatic N) is 3. The summed E-state index contributed by atoms with van der Waals surface area (Å²) >= 11 is 0. The molecule has 0 aromatic carbocycles. The quantitative estimate of drug-likeness (QED) is 0.772. The highest BCUT2D eigenvalue weighted by molar-refractivity contribution is 5.69. The van der Waals surface area contributed by atoms with Gasteiger partial charge in [0.15, 0.2) is 0 Å². The molecule has 1 amide bonds. The van der Waals surface area contributed by atoms with Crippen molar-refractivity contribution in [2.45, 2.75) is 46.3 Å². The number of methoxy groups -OCH3 is 2. The number of carbonyl (C=O) groups is 1. The van der Waals surface area contributed by atoms with Crippen LogP contribution in [0.5, 0.6) is 0 Å². The van der Waals surface area contributed by atoms with Crippen LogP contribution in [0.15, 0.2) is 29.7 Å². The molecule has 172 valence electrons. The number of ether oxygens (including phenoxy) is 3. The van der Waals surface area contributed by atoms with E-state index in [9.17, 15) is 4.79 Å². The topological polar surface area (TPSA) is 68.2 Å². The summed E-state index contributed by atoms with van der Waals surface area (Å²) in [7, 11) is 3.36. The number of nitrogens with one attached hydrogen (secondary N) is 1. The second kappa shape index (κ2) is 9.26. The molecule has 31 heavy (non-hydrogen) atoms. The van der Waals surface area contributed by atoms with Crippen LogP contribution in [0.4, 0.5) is 4.79 Å². The molecule has 3 rings (SSSR count). The number of amides is 1. The Bertz CT molecular complexity index is 846. The first kappa shape index (κ1) is 23.1. The van der Waals surface area contributed by atoms with Crippen LogP contribution in [0.2, 0.25) is 0 Å². The first-order chi connectivity index (χ1) is 14.6. The average molecular weight is 433 g/mol. The molecule has 2 aliphatic heterocycles. The van der Waals surface area contributed by atoms with Crippen molar-refractivity contribution < 1.29 is 19.0 Å². The van der Waals surface area contributed by atoms with Gasteiger partial charge in [0, 0.05) is 44.2 Å². The van der Waals surface area contributed by atoms with E-state index >= 15 is 0 Å². The molecule has 1 saturated heterocycles. The molecule has 8 nitrogen and oxygen atoms in total. The van der Waals surface area contributed by atoms with E-state index in [1.54, 1.807) is 19.1 Å². The van der Waals surface area contributed by atoms with Crippen LogP contribution in [-0.2, 0) is 14.2 Å². The van der Waals surface area contributed by atoms with Crippen LogP contribution in [0.3, 0.4) is 0 Å². The zero-order chi connectivity index (χ0) is 22.8. The number of piperazine rings is 1. The number of aryl methyl sites for hydroxylation is 2. The number of dihydropyridines is 1. The van der Waals surface area contributed by atoms with E-state index in [2.05, 4.69) is 40.8 Å². The number of hydrogen-bond acceptors (Lipinski definition) is 6. The first-order valence-corrected chi connectivity index (χ1v) is 10.8. The Hall–Kier alpha value is -2.61. The molecule has 3 heterocycles. The van der Waals surface area contributed by atoms with Gasteiger partial charge in [-0.15, -0.1) is 0 Å². The summed E-state index contributed by atoms with van der Waals surface area (Å²) in [4.78, 5) is 16.8. The fourth-order valence-corrected chi connectivity index (χ4v) is 4.15. The highest BCUT2D eigenvalue weighted by Crippen LogP contribution is 2.25. The first-order valence-electron chi connectivity index (χ1n) is 10.8. The van der Waals surface area contributed by atoms with E-state index in [4.69, 9.17) is 14.2 Å². The standard InChI is InChI=1S/C23H36N4O4/c1-16-8-9-17(2)27(16)21-12-20(30-7)19(13-24-21)25-10-11-26(18(14-25)15-29-6)22(28)31-23(3,4)5/h8-9,12,18,24H,10-11,13-15H2,1-7H3. The smallest absolute Gasteiger partial charge is 0.410 e. The van der Waals surface area contributed by atoms with E-state index in [0.29, 0.717) is 32.8 Å². The maximum absolute atomic E-state index is 12.7. The van der Waals surface area contributed by atoms with Gasteiger partial charge in [0.25, 0.3) is 0 Å². The van der Waals surface area contributed by atoms with Crippen molar-refractivity contribution in [1.29, 1.82) is 0 Å². The molecule has 1 aromatic rings. The van der Waals surface area contributed by atoms with Crippen molar-refractivity contribution in [3.8, 4) is 0 Å². The fraction of sp³-hybridized carbons (Fsp3) is 0.609. The van der Waals surface area contributed by atoms with Crippen molar-refractivity contribution in [3.63, 3.8) is 0 Å². The maximum atomic E-state index is 12.7. The minimum atomic E-state index is -0.527. The van der Waals surface area contributed by atoms with E-state index in [-0.39, 0.29) is 12.1 Å². The highest BCUT2D eigenvalue weighted by Gasteiger charge is 2.35. The molecule has 1 fully saturated rings. The van der Waals surface area contributed by atoms with Gasteiger partial charge in [-0.2, -0.15) is 0 Å². The summed E-state index contributed by atoms with van der Waals surface area (Å²) in [6, 6.07) is 4.11. The third-order valence-corrected chi connectivity index (χ3v) is 5.57. The number of aromatic nitrogens is 1. The monoisotopic (exact) mass is 432 g/mol.